The van der Waals surface area contributed by atoms with E-state index in [2.05, 4.69) is 5.32 Å². The molecule has 11 heteroatoms. The number of nitrogens with one attached hydrogen (secondary N) is 1. The number of benzene rings is 4. The number of rotatable bonds is 8. The second-order valence-electron chi connectivity index (χ2n) is 10.1. The highest BCUT2D eigenvalue weighted by Crippen LogP contribution is 2.32. The van der Waals surface area contributed by atoms with Gasteiger partial charge in [0.05, 0.1) is 27.1 Å². The Hall–Kier alpha value is -4.90. The van der Waals surface area contributed by atoms with Gasteiger partial charge in [0.2, 0.25) is 0 Å². The highest BCUT2D eigenvalue weighted by Gasteiger charge is 2.30. The van der Waals surface area contributed by atoms with Gasteiger partial charge in [0.1, 0.15) is 0 Å². The SMILES string of the molecule is CS(=O)(=O)c1cccc(-c2cc(C(=O)NCc3ccc(C(=O)O)cc3)c3c(ccn3Cc3ccc(C(F)(F)F)cc3)c2)c1. The van der Waals surface area contributed by atoms with Crippen LogP contribution in [-0.4, -0.2) is 36.2 Å². The quantitative estimate of drug-likeness (QED) is 0.213. The lowest BCUT2D eigenvalue weighted by atomic mass is 9.99. The number of nitrogens with zero attached hydrogens (tertiary/aromatic N) is 1. The predicted octanol–water partition coefficient (Wildman–Crippen LogP) is 6.41. The number of carbonyl (C=O) groups is 2. The summed E-state index contributed by atoms with van der Waals surface area (Å²) in [7, 11) is -3.48. The van der Waals surface area contributed by atoms with E-state index in [0.717, 1.165) is 18.4 Å². The zero-order valence-electron chi connectivity index (χ0n) is 22.7. The van der Waals surface area contributed by atoms with Gasteiger partial charge in [-0.3, -0.25) is 4.79 Å². The van der Waals surface area contributed by atoms with E-state index in [1.54, 1.807) is 47.2 Å². The monoisotopic (exact) mass is 606 g/mol. The highest BCUT2D eigenvalue weighted by atomic mass is 32.2. The van der Waals surface area contributed by atoms with Gasteiger partial charge in [-0.25, -0.2) is 13.2 Å². The molecule has 0 saturated heterocycles. The summed E-state index contributed by atoms with van der Waals surface area (Å²) in [6.07, 6.45) is -1.61. The number of aromatic nitrogens is 1. The van der Waals surface area contributed by atoms with Crippen LogP contribution in [0.2, 0.25) is 0 Å². The summed E-state index contributed by atoms with van der Waals surface area (Å²) in [5, 5.41) is 12.7. The number of halogens is 3. The predicted molar refractivity (Wildman–Crippen MR) is 156 cm³/mol. The van der Waals surface area contributed by atoms with Crippen molar-refractivity contribution in [2.75, 3.05) is 6.26 Å². The largest absolute Gasteiger partial charge is 0.478 e. The number of hydrogen-bond acceptors (Lipinski definition) is 4. The van der Waals surface area contributed by atoms with Crippen molar-refractivity contribution in [2.45, 2.75) is 24.2 Å². The molecule has 0 aliphatic carbocycles. The zero-order valence-corrected chi connectivity index (χ0v) is 23.5. The summed E-state index contributed by atoms with van der Waals surface area (Å²) in [5.74, 6) is -1.51. The minimum atomic E-state index is -4.46. The number of alkyl halides is 3. The third-order valence-electron chi connectivity index (χ3n) is 6.99. The molecule has 0 fully saturated rings. The third-order valence-corrected chi connectivity index (χ3v) is 8.10. The summed E-state index contributed by atoms with van der Waals surface area (Å²) in [5.41, 5.74) is 2.62. The third kappa shape index (κ3) is 6.62. The molecule has 0 atom stereocenters. The van der Waals surface area contributed by atoms with Crippen molar-refractivity contribution in [1.82, 2.24) is 9.88 Å². The van der Waals surface area contributed by atoms with Crippen LogP contribution in [0.25, 0.3) is 22.0 Å². The van der Waals surface area contributed by atoms with Gasteiger partial charge >= 0.3 is 12.1 Å². The number of aromatic carboxylic acids is 1. The first-order valence-electron chi connectivity index (χ1n) is 13.0. The molecule has 0 radical (unpaired) electrons. The molecule has 0 aliphatic heterocycles. The van der Waals surface area contributed by atoms with Gasteiger partial charge < -0.3 is 15.0 Å². The minimum absolute atomic E-state index is 0.105. The molecule has 220 valence electrons. The molecular weight excluding hydrogens is 581 g/mol. The van der Waals surface area contributed by atoms with Crippen LogP contribution < -0.4 is 5.32 Å². The minimum Gasteiger partial charge on any atom is -0.478 e. The maximum atomic E-state index is 13.6. The lowest BCUT2D eigenvalue weighted by molar-refractivity contribution is -0.137. The van der Waals surface area contributed by atoms with E-state index in [1.165, 1.54) is 36.4 Å². The van der Waals surface area contributed by atoms with Crippen molar-refractivity contribution in [2.24, 2.45) is 0 Å². The van der Waals surface area contributed by atoms with Gasteiger partial charge in [0.15, 0.2) is 9.84 Å². The lowest BCUT2D eigenvalue weighted by Gasteiger charge is -2.14. The molecule has 4 aromatic carbocycles. The van der Waals surface area contributed by atoms with Crippen LogP contribution in [0.15, 0.2) is 102 Å². The summed E-state index contributed by atoms with van der Waals surface area (Å²) in [6, 6.07) is 22.5. The molecule has 2 N–H and O–H groups in total. The van der Waals surface area contributed by atoms with E-state index < -0.39 is 33.5 Å². The van der Waals surface area contributed by atoms with Crippen LogP contribution >= 0.6 is 0 Å². The van der Waals surface area contributed by atoms with E-state index in [4.69, 9.17) is 5.11 Å². The van der Waals surface area contributed by atoms with Gasteiger partial charge in [0, 0.05) is 30.9 Å². The fourth-order valence-electron chi connectivity index (χ4n) is 4.77. The fraction of sp³-hybridized carbons (Fsp3) is 0.125. The Kier molecular flexibility index (Phi) is 7.85. The first-order chi connectivity index (χ1) is 20.3. The van der Waals surface area contributed by atoms with Crippen molar-refractivity contribution >= 4 is 32.6 Å². The first kappa shape index (κ1) is 29.6. The Morgan fingerprint density at radius 2 is 1.53 bits per heavy atom. The van der Waals surface area contributed by atoms with Crippen molar-refractivity contribution in [3.05, 3.63) is 125 Å². The number of carbonyl (C=O) groups excluding carboxylic acids is 1. The molecule has 1 amide bonds. The fourth-order valence-corrected chi connectivity index (χ4v) is 5.43. The Balaban J connectivity index is 1.54. The van der Waals surface area contributed by atoms with Crippen LogP contribution in [0.3, 0.4) is 0 Å². The number of carboxylic acid groups (broad SMARTS) is 1. The van der Waals surface area contributed by atoms with Crippen LogP contribution in [0.5, 0.6) is 0 Å². The van der Waals surface area contributed by atoms with Crippen molar-refractivity contribution in [3.8, 4) is 11.1 Å². The molecule has 0 saturated carbocycles. The number of sulfone groups is 1. The van der Waals surface area contributed by atoms with E-state index in [-0.39, 0.29) is 29.1 Å². The van der Waals surface area contributed by atoms with E-state index in [0.29, 0.717) is 33.2 Å². The van der Waals surface area contributed by atoms with Crippen LogP contribution in [0.1, 0.15) is 37.4 Å². The second-order valence-corrected chi connectivity index (χ2v) is 12.1. The first-order valence-corrected chi connectivity index (χ1v) is 14.9. The average molecular weight is 607 g/mol. The second kappa shape index (κ2) is 11.4. The highest BCUT2D eigenvalue weighted by molar-refractivity contribution is 7.90. The van der Waals surface area contributed by atoms with E-state index >= 15 is 0 Å². The Morgan fingerprint density at radius 1 is 0.860 bits per heavy atom. The number of amides is 1. The van der Waals surface area contributed by atoms with Crippen LogP contribution in [0, 0.1) is 0 Å². The van der Waals surface area contributed by atoms with Gasteiger partial charge in [-0.2, -0.15) is 13.2 Å². The van der Waals surface area contributed by atoms with E-state index in [1.807, 2.05) is 6.07 Å². The Bertz CT molecular complexity index is 1950. The molecule has 0 aliphatic rings. The van der Waals surface area contributed by atoms with E-state index in [9.17, 15) is 31.2 Å². The topological polar surface area (TPSA) is 105 Å². The van der Waals surface area contributed by atoms with Crippen molar-refractivity contribution < 1.29 is 36.3 Å². The Labute approximate surface area is 245 Å². The van der Waals surface area contributed by atoms with Crippen molar-refractivity contribution in [3.63, 3.8) is 0 Å². The molecular formula is C32H25F3N2O5S. The normalized spacial score (nSPS) is 11.9. The molecule has 43 heavy (non-hydrogen) atoms. The van der Waals surface area contributed by atoms with Gasteiger partial charge in [0.25, 0.3) is 5.91 Å². The molecule has 7 nitrogen and oxygen atoms in total. The number of carboxylic acids is 1. The standard InChI is InChI=1S/C32H25F3N2O5S/c1-43(41,42)27-4-2-3-23(16-27)25-15-24-13-14-37(19-21-7-11-26(12-8-21)32(33,34)35)29(24)28(17-25)30(38)36-18-20-5-9-22(10-6-20)31(39)40/h2-17H,18-19H2,1H3,(H,36,38)(H,39,40). The van der Waals surface area contributed by atoms with Crippen molar-refractivity contribution in [1.29, 1.82) is 0 Å². The zero-order chi connectivity index (χ0) is 30.9. The number of hydrogen-bond donors (Lipinski definition) is 2. The molecule has 5 rings (SSSR count). The number of fused-ring (bicyclic) bond motifs is 1. The maximum absolute atomic E-state index is 13.6. The molecule has 0 spiro atoms. The van der Waals surface area contributed by atoms with Gasteiger partial charge in [-0.05, 0) is 76.9 Å². The van der Waals surface area contributed by atoms with Gasteiger partial charge in [-0.1, -0.05) is 36.4 Å². The lowest BCUT2D eigenvalue weighted by Crippen LogP contribution is -2.23. The smallest absolute Gasteiger partial charge is 0.416 e. The van der Waals surface area contributed by atoms with Crippen LogP contribution in [0.4, 0.5) is 13.2 Å². The summed E-state index contributed by atoms with van der Waals surface area (Å²) >= 11 is 0. The van der Waals surface area contributed by atoms with Gasteiger partial charge in [-0.15, -0.1) is 0 Å². The molecule has 0 unspecified atom stereocenters. The summed E-state index contributed by atoms with van der Waals surface area (Å²) in [4.78, 5) is 24.9. The summed E-state index contributed by atoms with van der Waals surface area (Å²) in [6.45, 7) is 0.301. The Morgan fingerprint density at radius 3 is 2.16 bits per heavy atom. The molecule has 1 aromatic heterocycles. The van der Waals surface area contributed by atoms with Crippen LogP contribution in [-0.2, 0) is 29.1 Å². The average Bonchev–Trinajstić information content (AvgIpc) is 3.37. The molecule has 1 heterocycles. The molecule has 5 aromatic rings. The summed E-state index contributed by atoms with van der Waals surface area (Å²) < 4.78 is 65.3. The molecule has 0 bridgehead atoms. The maximum Gasteiger partial charge on any atom is 0.416 e.